The average molecular weight is 271 g/mol. The van der Waals surface area contributed by atoms with Crippen molar-refractivity contribution in [1.82, 2.24) is 0 Å². The molecule has 0 amide bonds. The number of hydrogen-bond acceptors (Lipinski definition) is 3. The van der Waals surface area contributed by atoms with Gasteiger partial charge >= 0.3 is 5.97 Å². The summed E-state index contributed by atoms with van der Waals surface area (Å²) in [5.74, 6) is -1.11. The largest absolute Gasteiger partial charge is 0.502 e. The summed E-state index contributed by atoms with van der Waals surface area (Å²) in [6, 6.07) is 7.27. The number of ether oxygens (including phenoxy) is 1. The second-order valence-corrected chi connectivity index (χ2v) is 3.63. The molecule has 0 saturated heterocycles. The van der Waals surface area contributed by atoms with Gasteiger partial charge in [0.05, 0.1) is 6.61 Å². The maximum atomic E-state index is 11.1. The Morgan fingerprint density at radius 2 is 2.20 bits per heavy atom. The van der Waals surface area contributed by atoms with Crippen LogP contribution >= 0.6 is 15.9 Å². The Morgan fingerprint density at radius 1 is 1.53 bits per heavy atom. The lowest BCUT2D eigenvalue weighted by atomic mass is 10.2. The average Bonchev–Trinajstić information content (AvgIpc) is 2.21. The fourth-order valence-electron chi connectivity index (χ4n) is 1.00. The molecule has 1 aromatic rings. The van der Waals surface area contributed by atoms with Gasteiger partial charge in [-0.1, -0.05) is 34.1 Å². The molecule has 15 heavy (non-hydrogen) atoms. The third kappa shape index (κ3) is 3.40. The molecule has 0 aliphatic heterocycles. The van der Waals surface area contributed by atoms with Crippen LogP contribution < -0.4 is 0 Å². The molecule has 0 aliphatic carbocycles. The first kappa shape index (κ1) is 11.8. The number of aliphatic hydroxyl groups excluding tert-OH is 1. The number of esters is 1. The zero-order valence-corrected chi connectivity index (χ0v) is 9.82. The summed E-state index contributed by atoms with van der Waals surface area (Å²) in [7, 11) is 0. The maximum absolute atomic E-state index is 11.1. The van der Waals surface area contributed by atoms with Crippen molar-refractivity contribution < 1.29 is 14.6 Å². The molecule has 1 aromatic carbocycles. The number of halogens is 1. The molecule has 3 nitrogen and oxygen atoms in total. The van der Waals surface area contributed by atoms with Crippen molar-refractivity contribution in [3.63, 3.8) is 0 Å². The van der Waals surface area contributed by atoms with Crippen LogP contribution in [0.1, 0.15) is 12.5 Å². The zero-order chi connectivity index (χ0) is 11.3. The molecule has 0 fully saturated rings. The predicted octanol–water partition coefficient (Wildman–Crippen LogP) is 2.91. The number of hydrogen-bond donors (Lipinski definition) is 1. The monoisotopic (exact) mass is 270 g/mol. The van der Waals surface area contributed by atoms with E-state index in [1.807, 2.05) is 18.2 Å². The normalized spacial score (nSPS) is 11.2. The molecule has 0 saturated carbocycles. The van der Waals surface area contributed by atoms with E-state index in [1.165, 1.54) is 6.08 Å². The Hall–Kier alpha value is -1.29. The van der Waals surface area contributed by atoms with E-state index in [-0.39, 0.29) is 6.61 Å². The van der Waals surface area contributed by atoms with Crippen LogP contribution in [-0.4, -0.2) is 17.7 Å². The summed E-state index contributed by atoms with van der Waals surface area (Å²) in [6.07, 6.45) is 1.36. The Labute approximate surface area is 96.5 Å². The van der Waals surface area contributed by atoms with Crippen LogP contribution in [0.5, 0.6) is 0 Å². The minimum Gasteiger partial charge on any atom is -0.502 e. The first-order chi connectivity index (χ1) is 7.15. The first-order valence-corrected chi connectivity index (χ1v) is 5.26. The van der Waals surface area contributed by atoms with Gasteiger partial charge in [-0.2, -0.15) is 0 Å². The minimum absolute atomic E-state index is 0.243. The lowest BCUT2D eigenvalue weighted by Gasteiger charge is -2.01. The van der Waals surface area contributed by atoms with E-state index in [4.69, 9.17) is 0 Å². The molecule has 0 unspecified atom stereocenters. The Morgan fingerprint density at radius 3 is 2.80 bits per heavy atom. The quantitative estimate of drug-likeness (QED) is 0.522. The van der Waals surface area contributed by atoms with E-state index in [9.17, 15) is 9.90 Å². The highest BCUT2D eigenvalue weighted by Crippen LogP contribution is 2.18. The van der Waals surface area contributed by atoms with Gasteiger partial charge in [0.1, 0.15) is 0 Å². The van der Waals surface area contributed by atoms with Crippen LogP contribution in [0.4, 0.5) is 0 Å². The van der Waals surface area contributed by atoms with E-state index >= 15 is 0 Å². The smallest absolute Gasteiger partial charge is 0.373 e. The predicted molar refractivity (Wildman–Crippen MR) is 61.4 cm³/mol. The molecule has 0 bridgehead atoms. The summed E-state index contributed by atoms with van der Waals surface area (Å²) >= 11 is 3.31. The molecular formula is C11H11BrO3. The SMILES string of the molecule is CCOC(=O)/C(O)=C/c1ccccc1Br. The van der Waals surface area contributed by atoms with E-state index in [2.05, 4.69) is 20.7 Å². The molecule has 1 N–H and O–H groups in total. The van der Waals surface area contributed by atoms with Crippen molar-refractivity contribution in [3.8, 4) is 0 Å². The van der Waals surface area contributed by atoms with Gasteiger partial charge in [-0.25, -0.2) is 4.79 Å². The fourth-order valence-corrected chi connectivity index (χ4v) is 1.40. The molecule has 4 heteroatoms. The zero-order valence-electron chi connectivity index (χ0n) is 8.24. The molecule has 1 rings (SSSR count). The topological polar surface area (TPSA) is 46.5 Å². The van der Waals surface area contributed by atoms with E-state index < -0.39 is 11.7 Å². The Bertz CT molecular complexity index is 385. The molecule has 0 aromatic heterocycles. The van der Waals surface area contributed by atoms with Gasteiger partial charge < -0.3 is 9.84 Å². The van der Waals surface area contributed by atoms with Crippen LogP contribution in [-0.2, 0) is 9.53 Å². The van der Waals surface area contributed by atoms with Crippen LogP contribution in [0.15, 0.2) is 34.5 Å². The summed E-state index contributed by atoms with van der Waals surface area (Å²) < 4.78 is 5.45. The number of carbonyl (C=O) groups is 1. The van der Waals surface area contributed by atoms with Gasteiger partial charge in [-0.15, -0.1) is 0 Å². The van der Waals surface area contributed by atoms with Gasteiger partial charge in [0, 0.05) is 4.47 Å². The number of rotatable bonds is 3. The van der Waals surface area contributed by atoms with E-state index in [1.54, 1.807) is 13.0 Å². The van der Waals surface area contributed by atoms with Gasteiger partial charge in [0.2, 0.25) is 5.76 Å². The highest BCUT2D eigenvalue weighted by Gasteiger charge is 2.08. The van der Waals surface area contributed by atoms with Crippen LogP contribution in [0.3, 0.4) is 0 Å². The van der Waals surface area contributed by atoms with E-state index in [0.717, 1.165) is 10.0 Å². The summed E-state index contributed by atoms with van der Waals surface area (Å²) in [5, 5.41) is 9.39. The van der Waals surface area contributed by atoms with Crippen molar-refractivity contribution in [2.75, 3.05) is 6.61 Å². The fraction of sp³-hybridized carbons (Fsp3) is 0.182. The molecule has 0 heterocycles. The summed E-state index contributed by atoms with van der Waals surface area (Å²) in [5.41, 5.74) is 0.725. The maximum Gasteiger partial charge on any atom is 0.373 e. The lowest BCUT2D eigenvalue weighted by molar-refractivity contribution is -0.141. The van der Waals surface area contributed by atoms with Crippen molar-refractivity contribution in [1.29, 1.82) is 0 Å². The molecule has 80 valence electrons. The number of benzene rings is 1. The first-order valence-electron chi connectivity index (χ1n) is 4.47. The Balaban J connectivity index is 2.88. The van der Waals surface area contributed by atoms with Gasteiger partial charge in [0.15, 0.2) is 0 Å². The van der Waals surface area contributed by atoms with Crippen molar-refractivity contribution in [3.05, 3.63) is 40.1 Å². The van der Waals surface area contributed by atoms with Crippen molar-refractivity contribution >= 4 is 28.0 Å². The van der Waals surface area contributed by atoms with Crippen molar-refractivity contribution in [2.45, 2.75) is 6.92 Å². The summed E-state index contributed by atoms with van der Waals surface area (Å²) in [4.78, 5) is 11.1. The van der Waals surface area contributed by atoms with Gasteiger partial charge in [-0.3, -0.25) is 0 Å². The third-order valence-corrected chi connectivity index (χ3v) is 2.40. The molecule has 0 radical (unpaired) electrons. The highest BCUT2D eigenvalue weighted by molar-refractivity contribution is 9.10. The third-order valence-electron chi connectivity index (χ3n) is 1.68. The van der Waals surface area contributed by atoms with Crippen LogP contribution in [0.2, 0.25) is 0 Å². The van der Waals surface area contributed by atoms with Crippen LogP contribution in [0, 0.1) is 0 Å². The molecular weight excluding hydrogens is 260 g/mol. The van der Waals surface area contributed by atoms with Gasteiger partial charge in [-0.05, 0) is 24.6 Å². The summed E-state index contributed by atoms with van der Waals surface area (Å²) in [6.45, 7) is 1.93. The second-order valence-electron chi connectivity index (χ2n) is 2.77. The second kappa shape index (κ2) is 5.56. The molecule has 0 aliphatic rings. The van der Waals surface area contributed by atoms with Crippen molar-refractivity contribution in [2.24, 2.45) is 0 Å². The molecule has 0 spiro atoms. The standard InChI is InChI=1S/C11H11BrO3/c1-2-15-11(14)10(13)7-8-5-3-4-6-9(8)12/h3-7,13H,2H2,1H3/b10-7-. The lowest BCUT2D eigenvalue weighted by Crippen LogP contribution is -2.06. The number of aliphatic hydroxyl groups is 1. The van der Waals surface area contributed by atoms with Gasteiger partial charge in [0.25, 0.3) is 0 Å². The number of carbonyl (C=O) groups excluding carboxylic acids is 1. The Kier molecular flexibility index (Phi) is 4.37. The van der Waals surface area contributed by atoms with E-state index in [0.29, 0.717) is 0 Å². The van der Waals surface area contributed by atoms with Crippen LogP contribution in [0.25, 0.3) is 6.08 Å². The molecule has 0 atom stereocenters. The highest BCUT2D eigenvalue weighted by atomic mass is 79.9. The minimum atomic E-state index is -0.715.